The van der Waals surface area contributed by atoms with Gasteiger partial charge in [0.15, 0.2) is 5.71 Å². The van der Waals surface area contributed by atoms with Crippen molar-refractivity contribution < 1.29 is 22.1 Å². The summed E-state index contributed by atoms with van der Waals surface area (Å²) in [5.74, 6) is 0.506. The molecule has 0 aliphatic heterocycles. The Kier molecular flexibility index (Phi) is 6.39. The number of alkyl halides is 3. The van der Waals surface area contributed by atoms with Gasteiger partial charge in [0, 0.05) is 5.56 Å². The van der Waals surface area contributed by atoms with E-state index in [-0.39, 0.29) is 5.56 Å². The molecule has 0 N–H and O–H groups in total. The second-order valence-electron chi connectivity index (χ2n) is 6.12. The van der Waals surface area contributed by atoms with E-state index in [4.69, 9.17) is 4.74 Å². The minimum Gasteiger partial charge on any atom is -0.494 e. The smallest absolute Gasteiger partial charge is 0.434 e. The molecular weight excluding hydrogens is 327 g/mol. The van der Waals surface area contributed by atoms with Crippen LogP contribution in [0.15, 0.2) is 22.6 Å². The molecule has 1 unspecified atom stereocenters. The molecule has 0 saturated carbocycles. The maximum atomic E-state index is 13.3. The van der Waals surface area contributed by atoms with Crippen LogP contribution in [-0.4, -0.2) is 27.5 Å². The van der Waals surface area contributed by atoms with Crippen molar-refractivity contribution in [1.82, 2.24) is 0 Å². The maximum Gasteiger partial charge on any atom is 0.434 e. The normalized spacial score (nSPS) is 14.7. The molecule has 1 aromatic rings. The highest BCUT2D eigenvalue weighted by molar-refractivity contribution is 7.85. The van der Waals surface area contributed by atoms with Crippen molar-refractivity contribution in [3.8, 4) is 5.75 Å². The van der Waals surface area contributed by atoms with Gasteiger partial charge in [-0.05, 0) is 57.9 Å². The van der Waals surface area contributed by atoms with Gasteiger partial charge in [-0.15, -0.1) is 0 Å². The quantitative estimate of drug-likeness (QED) is 0.729. The summed E-state index contributed by atoms with van der Waals surface area (Å²) in [7, 11) is -2.00. The monoisotopic (exact) mass is 349 g/mol. The van der Waals surface area contributed by atoms with Gasteiger partial charge in [0.2, 0.25) is 0 Å². The van der Waals surface area contributed by atoms with Crippen LogP contribution in [0.5, 0.6) is 5.75 Å². The first-order chi connectivity index (χ1) is 10.5. The SMILES string of the molecule is CCCOc1ccc(C(=NS(=O)C(C)(C)C)C(F)(F)F)c(C)c1. The summed E-state index contributed by atoms with van der Waals surface area (Å²) in [4.78, 5) is 0. The first kappa shape index (κ1) is 19.7. The fourth-order valence-corrected chi connectivity index (χ4v) is 2.33. The van der Waals surface area contributed by atoms with Crippen LogP contribution in [0.3, 0.4) is 0 Å². The molecule has 0 radical (unpaired) electrons. The summed E-state index contributed by atoms with van der Waals surface area (Å²) < 4.78 is 60.0. The molecule has 0 spiro atoms. The Morgan fingerprint density at radius 1 is 1.26 bits per heavy atom. The van der Waals surface area contributed by atoms with Gasteiger partial charge in [-0.25, -0.2) is 4.21 Å². The Labute approximate surface area is 137 Å². The largest absolute Gasteiger partial charge is 0.494 e. The third-order valence-corrected chi connectivity index (χ3v) is 4.29. The van der Waals surface area contributed by atoms with Crippen LogP contribution in [0.2, 0.25) is 0 Å². The Balaban J connectivity index is 3.30. The Bertz CT molecular complexity index is 604. The summed E-state index contributed by atoms with van der Waals surface area (Å²) >= 11 is 0. The van der Waals surface area contributed by atoms with E-state index in [0.29, 0.717) is 17.9 Å². The lowest BCUT2D eigenvalue weighted by atomic mass is 10.0. The highest BCUT2D eigenvalue weighted by atomic mass is 32.2. The summed E-state index contributed by atoms with van der Waals surface area (Å²) in [6.07, 6.45) is -3.88. The lowest BCUT2D eigenvalue weighted by Gasteiger charge is -2.18. The fraction of sp³-hybridized carbons (Fsp3) is 0.562. The highest BCUT2D eigenvalue weighted by Crippen LogP contribution is 2.28. The van der Waals surface area contributed by atoms with E-state index in [1.807, 2.05) is 6.92 Å². The zero-order chi connectivity index (χ0) is 17.8. The molecule has 0 saturated heterocycles. The van der Waals surface area contributed by atoms with Gasteiger partial charge < -0.3 is 4.74 Å². The molecule has 1 rings (SSSR count). The number of aryl methyl sites for hydroxylation is 1. The molecule has 0 heterocycles. The van der Waals surface area contributed by atoms with Crippen molar-refractivity contribution in [2.75, 3.05) is 6.61 Å². The van der Waals surface area contributed by atoms with Gasteiger partial charge in [0.05, 0.1) is 11.4 Å². The van der Waals surface area contributed by atoms with E-state index in [9.17, 15) is 17.4 Å². The van der Waals surface area contributed by atoms with Gasteiger partial charge in [0.25, 0.3) is 0 Å². The summed E-state index contributed by atoms with van der Waals surface area (Å²) in [6, 6.07) is 4.32. The molecule has 0 aliphatic rings. The molecule has 0 bridgehead atoms. The van der Waals surface area contributed by atoms with Crippen molar-refractivity contribution in [1.29, 1.82) is 0 Å². The summed E-state index contributed by atoms with van der Waals surface area (Å²) in [5, 5.41) is 0. The topological polar surface area (TPSA) is 38.7 Å². The Morgan fingerprint density at radius 2 is 1.87 bits per heavy atom. The molecule has 1 aromatic carbocycles. The second-order valence-corrected chi connectivity index (χ2v) is 8.03. The third-order valence-electron chi connectivity index (χ3n) is 2.89. The predicted octanol–water partition coefficient (Wildman–Crippen LogP) is 4.60. The van der Waals surface area contributed by atoms with Crippen LogP contribution in [-0.2, 0) is 11.0 Å². The number of halogens is 3. The second kappa shape index (κ2) is 7.47. The average Bonchev–Trinajstić information content (AvgIpc) is 2.40. The van der Waals surface area contributed by atoms with Gasteiger partial charge in [0.1, 0.15) is 16.7 Å². The lowest BCUT2D eigenvalue weighted by Crippen LogP contribution is -2.28. The van der Waals surface area contributed by atoms with Gasteiger partial charge in [-0.2, -0.15) is 17.6 Å². The van der Waals surface area contributed by atoms with Crippen molar-refractivity contribution >= 4 is 16.7 Å². The molecule has 130 valence electrons. The number of hydrogen-bond acceptors (Lipinski definition) is 2. The lowest BCUT2D eigenvalue weighted by molar-refractivity contribution is -0.0578. The molecule has 0 amide bonds. The minimum absolute atomic E-state index is 0.0843. The molecule has 7 heteroatoms. The number of benzene rings is 1. The Hall–Kier alpha value is -1.37. The maximum absolute atomic E-state index is 13.3. The molecule has 0 fully saturated rings. The van der Waals surface area contributed by atoms with E-state index in [0.717, 1.165) is 6.42 Å². The fourth-order valence-electron chi connectivity index (χ4n) is 1.69. The van der Waals surface area contributed by atoms with Gasteiger partial charge in [-0.1, -0.05) is 6.92 Å². The third kappa shape index (κ3) is 5.64. The Morgan fingerprint density at radius 3 is 2.30 bits per heavy atom. The average molecular weight is 349 g/mol. The molecule has 3 nitrogen and oxygen atoms in total. The molecule has 23 heavy (non-hydrogen) atoms. The number of hydrogen-bond donors (Lipinski definition) is 0. The van der Waals surface area contributed by atoms with Crippen LogP contribution < -0.4 is 4.74 Å². The summed E-state index contributed by atoms with van der Waals surface area (Å²) in [5.41, 5.74) is -0.829. The zero-order valence-electron chi connectivity index (χ0n) is 14.0. The van der Waals surface area contributed by atoms with E-state index in [1.54, 1.807) is 27.7 Å². The van der Waals surface area contributed by atoms with Crippen molar-refractivity contribution in [2.24, 2.45) is 4.40 Å². The zero-order valence-corrected chi connectivity index (χ0v) is 14.8. The van der Waals surface area contributed by atoms with Crippen molar-refractivity contribution in [3.05, 3.63) is 29.3 Å². The highest BCUT2D eigenvalue weighted by Gasteiger charge is 2.39. The van der Waals surface area contributed by atoms with Crippen LogP contribution in [0.4, 0.5) is 13.2 Å². The van der Waals surface area contributed by atoms with Gasteiger partial charge >= 0.3 is 6.18 Å². The van der Waals surface area contributed by atoms with Crippen molar-refractivity contribution in [3.63, 3.8) is 0 Å². The number of nitrogens with zero attached hydrogens (tertiary/aromatic N) is 1. The van der Waals surface area contributed by atoms with E-state index < -0.39 is 27.6 Å². The first-order valence-corrected chi connectivity index (χ1v) is 8.39. The number of ether oxygens (including phenoxy) is 1. The predicted molar refractivity (Wildman–Crippen MR) is 87.5 cm³/mol. The van der Waals surface area contributed by atoms with E-state index >= 15 is 0 Å². The first-order valence-electron chi connectivity index (χ1n) is 7.28. The van der Waals surface area contributed by atoms with Crippen LogP contribution in [0, 0.1) is 6.92 Å². The summed E-state index contributed by atoms with van der Waals surface area (Å²) in [6.45, 7) is 8.72. The number of rotatable bonds is 5. The minimum atomic E-state index is -4.68. The van der Waals surface area contributed by atoms with E-state index in [1.165, 1.54) is 18.2 Å². The molecular formula is C16H22F3NO2S. The van der Waals surface area contributed by atoms with Crippen LogP contribution in [0.1, 0.15) is 45.2 Å². The van der Waals surface area contributed by atoms with E-state index in [2.05, 4.69) is 4.40 Å². The van der Waals surface area contributed by atoms with Gasteiger partial charge in [-0.3, -0.25) is 0 Å². The van der Waals surface area contributed by atoms with Crippen LogP contribution in [0.25, 0.3) is 0 Å². The molecule has 0 aromatic heterocycles. The molecule has 0 aliphatic carbocycles. The van der Waals surface area contributed by atoms with Crippen molar-refractivity contribution in [2.45, 2.75) is 52.0 Å². The van der Waals surface area contributed by atoms with Crippen LogP contribution >= 0.6 is 0 Å². The molecule has 1 atom stereocenters. The standard InChI is InChI=1S/C16H22F3NO2S/c1-6-9-22-12-7-8-13(11(2)10-12)14(16(17,18)19)20-23(21)15(3,4)5/h7-8,10H,6,9H2,1-5H3.